The second-order valence-corrected chi connectivity index (χ2v) is 4.83. The molecule has 0 bridgehead atoms. The maximum absolute atomic E-state index is 6.00. The van der Waals surface area contributed by atoms with Crippen molar-refractivity contribution in [2.24, 2.45) is 5.73 Å². The third kappa shape index (κ3) is 4.87. The van der Waals surface area contributed by atoms with Crippen molar-refractivity contribution < 1.29 is 4.74 Å². The Labute approximate surface area is 117 Å². The Morgan fingerprint density at radius 1 is 1.22 bits per heavy atom. The summed E-state index contributed by atoms with van der Waals surface area (Å²) in [5.41, 5.74) is 8.59. The Balaban J connectivity index is 0.00000289. The monoisotopic (exact) mass is 271 g/mol. The number of benzene rings is 1. The van der Waals surface area contributed by atoms with Crippen LogP contribution in [0.25, 0.3) is 0 Å². The Bertz CT molecular complexity index is 352. The zero-order valence-electron chi connectivity index (χ0n) is 11.9. The average molecular weight is 272 g/mol. The van der Waals surface area contributed by atoms with E-state index in [2.05, 4.69) is 39.0 Å². The number of rotatable bonds is 6. The van der Waals surface area contributed by atoms with Crippen LogP contribution in [0.3, 0.4) is 0 Å². The maximum atomic E-state index is 6.00. The highest BCUT2D eigenvalue weighted by atomic mass is 35.5. The Morgan fingerprint density at radius 2 is 1.89 bits per heavy atom. The largest absolute Gasteiger partial charge is 0.494 e. The van der Waals surface area contributed by atoms with Crippen LogP contribution in [0, 0.1) is 0 Å². The normalized spacial score (nSPS) is 12.1. The van der Waals surface area contributed by atoms with E-state index in [1.54, 1.807) is 0 Å². The highest BCUT2D eigenvalue weighted by Crippen LogP contribution is 2.28. The summed E-state index contributed by atoms with van der Waals surface area (Å²) in [6.45, 7) is 9.25. The standard InChI is InChI=1S/C15H25NO.ClH/c1-5-13(16)9-12-7-8-15(17-6-2)14(10-12)11(3)4;/h7-8,10-11,13H,5-6,9,16H2,1-4H3;1H. The molecule has 1 atom stereocenters. The van der Waals surface area contributed by atoms with Gasteiger partial charge in [-0.3, -0.25) is 0 Å². The van der Waals surface area contributed by atoms with Crippen molar-refractivity contribution in [3.8, 4) is 5.75 Å². The first-order chi connectivity index (χ1) is 8.08. The molecule has 0 aromatic heterocycles. The molecule has 0 radical (unpaired) electrons. The number of hydrogen-bond donors (Lipinski definition) is 1. The topological polar surface area (TPSA) is 35.2 Å². The quantitative estimate of drug-likeness (QED) is 0.851. The van der Waals surface area contributed by atoms with Gasteiger partial charge in [-0.05, 0) is 42.9 Å². The van der Waals surface area contributed by atoms with Crippen LogP contribution in [-0.4, -0.2) is 12.6 Å². The summed E-state index contributed by atoms with van der Waals surface area (Å²) in [6, 6.07) is 6.71. The Hall–Kier alpha value is -0.730. The first kappa shape index (κ1) is 17.3. The van der Waals surface area contributed by atoms with E-state index >= 15 is 0 Å². The van der Waals surface area contributed by atoms with Crippen LogP contribution in [0.5, 0.6) is 5.75 Å². The van der Waals surface area contributed by atoms with E-state index in [4.69, 9.17) is 10.5 Å². The van der Waals surface area contributed by atoms with Crippen LogP contribution >= 0.6 is 12.4 Å². The zero-order valence-corrected chi connectivity index (χ0v) is 12.7. The van der Waals surface area contributed by atoms with Crippen molar-refractivity contribution in [3.63, 3.8) is 0 Å². The van der Waals surface area contributed by atoms with Gasteiger partial charge in [-0.15, -0.1) is 12.4 Å². The lowest BCUT2D eigenvalue weighted by Crippen LogP contribution is -2.21. The minimum Gasteiger partial charge on any atom is -0.494 e. The smallest absolute Gasteiger partial charge is 0.122 e. The molecule has 0 aliphatic heterocycles. The number of nitrogens with two attached hydrogens (primary N) is 1. The summed E-state index contributed by atoms with van der Waals surface area (Å²) in [4.78, 5) is 0. The van der Waals surface area contributed by atoms with Gasteiger partial charge < -0.3 is 10.5 Å². The molecule has 0 saturated heterocycles. The van der Waals surface area contributed by atoms with E-state index in [0.717, 1.165) is 18.6 Å². The lowest BCUT2D eigenvalue weighted by molar-refractivity contribution is 0.335. The predicted molar refractivity (Wildman–Crippen MR) is 80.9 cm³/mol. The van der Waals surface area contributed by atoms with Crippen molar-refractivity contribution in [2.45, 2.75) is 52.5 Å². The van der Waals surface area contributed by atoms with Crippen molar-refractivity contribution in [1.29, 1.82) is 0 Å². The Kier molecular flexibility index (Phi) is 8.05. The van der Waals surface area contributed by atoms with Gasteiger partial charge in [-0.2, -0.15) is 0 Å². The van der Waals surface area contributed by atoms with Crippen LogP contribution in [0.15, 0.2) is 18.2 Å². The molecule has 1 rings (SSSR count). The van der Waals surface area contributed by atoms with Crippen molar-refractivity contribution in [1.82, 2.24) is 0 Å². The first-order valence-corrected chi connectivity index (χ1v) is 6.59. The number of hydrogen-bond acceptors (Lipinski definition) is 2. The predicted octanol–water partition coefficient (Wildman–Crippen LogP) is 3.91. The minimum atomic E-state index is 0. The molecule has 1 aromatic rings. The summed E-state index contributed by atoms with van der Waals surface area (Å²) in [5, 5.41) is 0. The number of ether oxygens (including phenoxy) is 1. The fourth-order valence-corrected chi connectivity index (χ4v) is 1.91. The molecule has 0 fully saturated rings. The minimum absolute atomic E-state index is 0. The van der Waals surface area contributed by atoms with Crippen LogP contribution in [0.1, 0.15) is 51.2 Å². The van der Waals surface area contributed by atoms with Gasteiger partial charge in [-0.1, -0.05) is 32.9 Å². The lowest BCUT2D eigenvalue weighted by Gasteiger charge is -2.16. The van der Waals surface area contributed by atoms with E-state index in [-0.39, 0.29) is 18.4 Å². The second kappa shape index (κ2) is 8.39. The average Bonchev–Trinajstić information content (AvgIpc) is 2.31. The maximum Gasteiger partial charge on any atom is 0.122 e. The summed E-state index contributed by atoms with van der Waals surface area (Å²) < 4.78 is 5.65. The third-order valence-electron chi connectivity index (χ3n) is 3.02. The molecule has 18 heavy (non-hydrogen) atoms. The molecule has 0 aliphatic carbocycles. The van der Waals surface area contributed by atoms with E-state index in [0.29, 0.717) is 12.5 Å². The molecule has 0 heterocycles. The van der Waals surface area contributed by atoms with Crippen molar-refractivity contribution in [2.75, 3.05) is 6.61 Å². The fraction of sp³-hybridized carbons (Fsp3) is 0.600. The van der Waals surface area contributed by atoms with Crippen molar-refractivity contribution >= 4 is 12.4 Å². The molecular formula is C15H26ClNO. The molecule has 1 aromatic carbocycles. The van der Waals surface area contributed by atoms with E-state index in [1.807, 2.05) is 6.92 Å². The highest BCUT2D eigenvalue weighted by molar-refractivity contribution is 5.85. The SMILES string of the molecule is CCOc1ccc(CC(N)CC)cc1C(C)C.Cl. The molecule has 0 spiro atoms. The molecular weight excluding hydrogens is 246 g/mol. The molecule has 2 nitrogen and oxygen atoms in total. The van der Waals surface area contributed by atoms with Gasteiger partial charge in [0.05, 0.1) is 6.61 Å². The zero-order chi connectivity index (χ0) is 12.8. The first-order valence-electron chi connectivity index (χ1n) is 6.59. The van der Waals surface area contributed by atoms with E-state index < -0.39 is 0 Å². The molecule has 0 aliphatic rings. The van der Waals surface area contributed by atoms with Gasteiger partial charge in [0.15, 0.2) is 0 Å². The Morgan fingerprint density at radius 3 is 2.39 bits per heavy atom. The summed E-state index contributed by atoms with van der Waals surface area (Å²) in [7, 11) is 0. The molecule has 1 unspecified atom stereocenters. The summed E-state index contributed by atoms with van der Waals surface area (Å²) >= 11 is 0. The third-order valence-corrected chi connectivity index (χ3v) is 3.02. The van der Waals surface area contributed by atoms with E-state index in [9.17, 15) is 0 Å². The van der Waals surface area contributed by atoms with Crippen molar-refractivity contribution in [3.05, 3.63) is 29.3 Å². The lowest BCUT2D eigenvalue weighted by atomic mass is 9.96. The fourth-order valence-electron chi connectivity index (χ4n) is 1.91. The van der Waals surface area contributed by atoms with Gasteiger partial charge in [0.2, 0.25) is 0 Å². The van der Waals surface area contributed by atoms with Gasteiger partial charge in [-0.25, -0.2) is 0 Å². The van der Waals surface area contributed by atoms with Crippen LogP contribution < -0.4 is 10.5 Å². The molecule has 2 N–H and O–H groups in total. The summed E-state index contributed by atoms with van der Waals surface area (Å²) in [5.74, 6) is 1.49. The second-order valence-electron chi connectivity index (χ2n) is 4.83. The summed E-state index contributed by atoms with van der Waals surface area (Å²) in [6.07, 6.45) is 1.97. The van der Waals surface area contributed by atoms with Gasteiger partial charge in [0, 0.05) is 6.04 Å². The van der Waals surface area contributed by atoms with Gasteiger partial charge in [0.1, 0.15) is 5.75 Å². The molecule has 3 heteroatoms. The molecule has 0 amide bonds. The highest BCUT2D eigenvalue weighted by Gasteiger charge is 2.10. The van der Waals surface area contributed by atoms with E-state index in [1.165, 1.54) is 11.1 Å². The molecule has 104 valence electrons. The van der Waals surface area contributed by atoms with Gasteiger partial charge in [0.25, 0.3) is 0 Å². The van der Waals surface area contributed by atoms with Crippen LogP contribution in [0.2, 0.25) is 0 Å². The van der Waals surface area contributed by atoms with Crippen LogP contribution in [-0.2, 0) is 6.42 Å². The molecule has 0 saturated carbocycles. The van der Waals surface area contributed by atoms with Crippen LogP contribution in [0.4, 0.5) is 0 Å². The van der Waals surface area contributed by atoms with Gasteiger partial charge >= 0.3 is 0 Å². The number of halogens is 1.